The van der Waals surface area contributed by atoms with Crippen molar-refractivity contribution in [2.24, 2.45) is 0 Å². The van der Waals surface area contributed by atoms with Crippen LogP contribution in [0.3, 0.4) is 0 Å². The standard InChI is InChI=1S/C14H17FO3/c1-9(15)10-3-4-12(18-2)11(7-10)14(5-6-14)8-13(16)17/h3-4,7,9H,5-6,8H2,1-2H3,(H,16,17). The van der Waals surface area contributed by atoms with E-state index in [1.807, 2.05) is 0 Å². The molecule has 1 aliphatic carbocycles. The molecule has 1 saturated carbocycles. The highest BCUT2D eigenvalue weighted by molar-refractivity contribution is 5.70. The lowest BCUT2D eigenvalue weighted by molar-refractivity contribution is -0.137. The van der Waals surface area contributed by atoms with Crippen LogP contribution in [0.4, 0.5) is 4.39 Å². The van der Waals surface area contributed by atoms with Gasteiger partial charge in [0.15, 0.2) is 0 Å². The largest absolute Gasteiger partial charge is 0.496 e. The molecule has 1 fully saturated rings. The fourth-order valence-corrected chi connectivity index (χ4v) is 2.37. The Bertz CT molecular complexity index is 464. The van der Waals surface area contributed by atoms with Gasteiger partial charge in [0.05, 0.1) is 13.5 Å². The Kier molecular flexibility index (Phi) is 3.28. The molecule has 1 aliphatic rings. The van der Waals surface area contributed by atoms with Gasteiger partial charge >= 0.3 is 5.97 Å². The molecular weight excluding hydrogens is 235 g/mol. The van der Waals surface area contributed by atoms with E-state index in [9.17, 15) is 9.18 Å². The Morgan fingerprint density at radius 1 is 1.56 bits per heavy atom. The van der Waals surface area contributed by atoms with Crippen LogP contribution in [0.15, 0.2) is 18.2 Å². The van der Waals surface area contributed by atoms with Gasteiger partial charge in [-0.1, -0.05) is 6.07 Å². The van der Waals surface area contributed by atoms with Crippen molar-refractivity contribution >= 4 is 5.97 Å². The van der Waals surface area contributed by atoms with Crippen LogP contribution in [-0.4, -0.2) is 18.2 Å². The van der Waals surface area contributed by atoms with Crippen molar-refractivity contribution in [2.45, 2.75) is 37.8 Å². The monoisotopic (exact) mass is 252 g/mol. The van der Waals surface area contributed by atoms with Gasteiger partial charge < -0.3 is 9.84 Å². The molecule has 0 aromatic heterocycles. The van der Waals surface area contributed by atoms with Gasteiger partial charge in [-0.15, -0.1) is 0 Å². The molecule has 1 unspecified atom stereocenters. The number of rotatable bonds is 5. The lowest BCUT2D eigenvalue weighted by atomic mass is 9.89. The van der Waals surface area contributed by atoms with Gasteiger partial charge in [-0.05, 0) is 37.5 Å². The quantitative estimate of drug-likeness (QED) is 0.875. The van der Waals surface area contributed by atoms with Gasteiger partial charge in [-0.25, -0.2) is 4.39 Å². The number of methoxy groups -OCH3 is 1. The fraction of sp³-hybridized carbons (Fsp3) is 0.500. The molecular formula is C14H17FO3. The zero-order valence-electron chi connectivity index (χ0n) is 10.6. The maximum atomic E-state index is 13.4. The molecule has 3 nitrogen and oxygen atoms in total. The highest BCUT2D eigenvalue weighted by Gasteiger charge is 2.47. The summed E-state index contributed by atoms with van der Waals surface area (Å²) in [5, 5.41) is 8.98. The number of hydrogen-bond acceptors (Lipinski definition) is 2. The average Bonchev–Trinajstić information content (AvgIpc) is 3.08. The molecule has 4 heteroatoms. The molecule has 0 heterocycles. The van der Waals surface area contributed by atoms with Gasteiger partial charge in [0.1, 0.15) is 11.9 Å². The second-order valence-electron chi connectivity index (χ2n) is 4.93. The summed E-state index contributed by atoms with van der Waals surface area (Å²) >= 11 is 0. The molecule has 1 N–H and O–H groups in total. The van der Waals surface area contributed by atoms with Gasteiger partial charge in [0.2, 0.25) is 0 Å². The number of ether oxygens (including phenoxy) is 1. The van der Waals surface area contributed by atoms with E-state index in [4.69, 9.17) is 9.84 Å². The van der Waals surface area contributed by atoms with Gasteiger partial charge in [0, 0.05) is 11.0 Å². The molecule has 0 amide bonds. The van der Waals surface area contributed by atoms with Gasteiger partial charge in [-0.3, -0.25) is 4.79 Å². The minimum Gasteiger partial charge on any atom is -0.496 e. The number of carbonyl (C=O) groups is 1. The second kappa shape index (κ2) is 4.59. The average molecular weight is 252 g/mol. The summed E-state index contributed by atoms with van der Waals surface area (Å²) < 4.78 is 18.6. The first-order valence-electron chi connectivity index (χ1n) is 6.03. The smallest absolute Gasteiger partial charge is 0.304 e. The van der Waals surface area contributed by atoms with E-state index < -0.39 is 12.1 Å². The SMILES string of the molecule is COc1ccc(C(C)F)cc1C1(CC(=O)O)CC1. The lowest BCUT2D eigenvalue weighted by Gasteiger charge is -2.18. The zero-order chi connectivity index (χ0) is 13.3. The summed E-state index contributed by atoms with van der Waals surface area (Å²) in [6.45, 7) is 1.47. The Balaban J connectivity index is 2.41. The maximum absolute atomic E-state index is 13.4. The number of hydrogen-bond donors (Lipinski definition) is 1. The van der Waals surface area contributed by atoms with E-state index >= 15 is 0 Å². The third kappa shape index (κ3) is 2.33. The number of carboxylic acids is 1. The number of benzene rings is 1. The molecule has 0 bridgehead atoms. The first-order chi connectivity index (χ1) is 8.48. The van der Waals surface area contributed by atoms with Gasteiger partial charge in [-0.2, -0.15) is 0 Å². The number of alkyl halides is 1. The van der Waals surface area contributed by atoms with Crippen LogP contribution in [-0.2, 0) is 10.2 Å². The van der Waals surface area contributed by atoms with Crippen LogP contribution >= 0.6 is 0 Å². The summed E-state index contributed by atoms with van der Waals surface area (Å²) in [5.74, 6) is -0.175. The van der Waals surface area contributed by atoms with Crippen LogP contribution < -0.4 is 4.74 Å². The van der Waals surface area contributed by atoms with Crippen molar-refractivity contribution in [3.8, 4) is 5.75 Å². The van der Waals surface area contributed by atoms with Crippen LogP contribution in [0, 0.1) is 0 Å². The minimum atomic E-state index is -1.06. The van der Waals surface area contributed by atoms with E-state index in [1.54, 1.807) is 25.3 Å². The first kappa shape index (κ1) is 12.9. The Hall–Kier alpha value is -1.58. The third-order valence-electron chi connectivity index (χ3n) is 3.60. The van der Waals surface area contributed by atoms with Crippen molar-refractivity contribution < 1.29 is 19.0 Å². The third-order valence-corrected chi connectivity index (χ3v) is 3.60. The van der Waals surface area contributed by atoms with Crippen molar-refractivity contribution in [3.05, 3.63) is 29.3 Å². The summed E-state index contributed by atoms with van der Waals surface area (Å²) in [6.07, 6.45) is 0.655. The Morgan fingerprint density at radius 3 is 2.67 bits per heavy atom. The van der Waals surface area contributed by atoms with Crippen LogP contribution in [0.5, 0.6) is 5.75 Å². The van der Waals surface area contributed by atoms with Crippen LogP contribution in [0.25, 0.3) is 0 Å². The summed E-state index contributed by atoms with van der Waals surface area (Å²) in [4.78, 5) is 10.9. The van der Waals surface area contributed by atoms with Crippen LogP contribution in [0.2, 0.25) is 0 Å². The topological polar surface area (TPSA) is 46.5 Å². The van der Waals surface area contributed by atoms with Crippen molar-refractivity contribution in [1.82, 2.24) is 0 Å². The number of aliphatic carboxylic acids is 1. The number of carboxylic acid groups (broad SMARTS) is 1. The molecule has 1 aromatic carbocycles. The molecule has 0 saturated heterocycles. The maximum Gasteiger partial charge on any atom is 0.304 e. The molecule has 18 heavy (non-hydrogen) atoms. The molecule has 98 valence electrons. The van der Waals surface area contributed by atoms with E-state index in [0.717, 1.165) is 18.4 Å². The Labute approximate surface area is 106 Å². The van der Waals surface area contributed by atoms with E-state index in [1.165, 1.54) is 6.92 Å². The highest BCUT2D eigenvalue weighted by atomic mass is 19.1. The molecule has 0 spiro atoms. The summed E-state index contributed by atoms with van der Waals surface area (Å²) in [5.41, 5.74) is 1.04. The molecule has 0 radical (unpaired) electrons. The van der Waals surface area contributed by atoms with Crippen molar-refractivity contribution in [3.63, 3.8) is 0 Å². The van der Waals surface area contributed by atoms with E-state index in [0.29, 0.717) is 11.3 Å². The molecule has 1 aromatic rings. The summed E-state index contributed by atoms with van der Waals surface area (Å²) in [6, 6.07) is 5.16. The number of halogens is 1. The highest BCUT2D eigenvalue weighted by Crippen LogP contribution is 2.54. The van der Waals surface area contributed by atoms with E-state index in [2.05, 4.69) is 0 Å². The van der Waals surface area contributed by atoms with E-state index in [-0.39, 0.29) is 11.8 Å². The van der Waals surface area contributed by atoms with Crippen molar-refractivity contribution in [1.29, 1.82) is 0 Å². The van der Waals surface area contributed by atoms with Crippen LogP contribution in [0.1, 0.15) is 43.5 Å². The lowest BCUT2D eigenvalue weighted by Crippen LogP contribution is -2.14. The molecule has 2 rings (SSSR count). The minimum absolute atomic E-state index is 0.0769. The fourth-order valence-electron chi connectivity index (χ4n) is 2.37. The first-order valence-corrected chi connectivity index (χ1v) is 6.03. The van der Waals surface area contributed by atoms with Crippen molar-refractivity contribution in [2.75, 3.05) is 7.11 Å². The summed E-state index contributed by atoms with van der Waals surface area (Å²) in [7, 11) is 1.55. The van der Waals surface area contributed by atoms with Gasteiger partial charge in [0.25, 0.3) is 0 Å². The molecule has 1 atom stereocenters. The molecule has 0 aliphatic heterocycles. The zero-order valence-corrected chi connectivity index (χ0v) is 10.6. The normalized spacial score (nSPS) is 18.2. The Morgan fingerprint density at radius 2 is 2.22 bits per heavy atom. The predicted octanol–water partition coefficient (Wildman–Crippen LogP) is 3.23. The predicted molar refractivity (Wildman–Crippen MR) is 65.7 cm³/mol. The second-order valence-corrected chi connectivity index (χ2v) is 4.93.